The minimum absolute atomic E-state index is 0.127. The maximum absolute atomic E-state index is 12.5. The van der Waals surface area contributed by atoms with Crippen LogP contribution >= 0.6 is 11.3 Å². The molecule has 5 nitrogen and oxygen atoms in total. The molecule has 1 N–H and O–H groups in total. The van der Waals surface area contributed by atoms with Crippen LogP contribution in [-0.2, 0) is 9.84 Å². The molecule has 7 heteroatoms. The van der Waals surface area contributed by atoms with Crippen molar-refractivity contribution in [2.75, 3.05) is 11.6 Å². The molecule has 25 heavy (non-hydrogen) atoms. The van der Waals surface area contributed by atoms with E-state index in [2.05, 4.69) is 10.3 Å². The second-order valence-electron chi connectivity index (χ2n) is 5.62. The zero-order chi connectivity index (χ0) is 18.0. The number of rotatable bonds is 4. The molecule has 0 aliphatic heterocycles. The molecule has 0 spiro atoms. The summed E-state index contributed by atoms with van der Waals surface area (Å²) >= 11 is 1.54. The van der Waals surface area contributed by atoms with Crippen LogP contribution in [0.25, 0.3) is 10.6 Å². The maximum Gasteiger partial charge on any atom is 0.255 e. The van der Waals surface area contributed by atoms with Crippen LogP contribution in [0.1, 0.15) is 15.9 Å². The van der Waals surface area contributed by atoms with E-state index in [1.807, 2.05) is 17.5 Å². The highest BCUT2D eigenvalue weighted by Gasteiger charge is 2.14. The first kappa shape index (κ1) is 17.3. The van der Waals surface area contributed by atoms with E-state index in [9.17, 15) is 13.2 Å². The lowest BCUT2D eigenvalue weighted by Crippen LogP contribution is -2.14. The van der Waals surface area contributed by atoms with Gasteiger partial charge in [0.1, 0.15) is 5.01 Å². The van der Waals surface area contributed by atoms with Gasteiger partial charge in [0.15, 0.2) is 9.84 Å². The van der Waals surface area contributed by atoms with Crippen LogP contribution in [0.15, 0.2) is 58.9 Å². The smallest absolute Gasteiger partial charge is 0.255 e. The van der Waals surface area contributed by atoms with Crippen LogP contribution in [0.2, 0.25) is 0 Å². The maximum atomic E-state index is 12.5. The number of carbonyl (C=O) groups is 1. The van der Waals surface area contributed by atoms with Gasteiger partial charge in [-0.2, -0.15) is 0 Å². The van der Waals surface area contributed by atoms with E-state index in [0.29, 0.717) is 16.8 Å². The number of anilines is 1. The molecule has 0 bridgehead atoms. The van der Waals surface area contributed by atoms with E-state index in [1.165, 1.54) is 12.1 Å². The number of benzene rings is 2. The Morgan fingerprint density at radius 3 is 2.44 bits per heavy atom. The number of nitrogens with one attached hydrogen (secondary N) is 1. The summed E-state index contributed by atoms with van der Waals surface area (Å²) in [6.07, 6.45) is 2.87. The summed E-state index contributed by atoms with van der Waals surface area (Å²) < 4.78 is 23.4. The summed E-state index contributed by atoms with van der Waals surface area (Å²) in [6, 6.07) is 11.9. The second-order valence-corrected chi connectivity index (χ2v) is 8.53. The average molecular weight is 372 g/mol. The number of hydrogen-bond donors (Lipinski definition) is 1. The Kier molecular flexibility index (Phi) is 4.69. The molecular formula is C18H16N2O3S2. The quantitative estimate of drug-likeness (QED) is 0.756. The van der Waals surface area contributed by atoms with E-state index >= 15 is 0 Å². The number of thiazole rings is 1. The molecule has 128 valence electrons. The van der Waals surface area contributed by atoms with Gasteiger partial charge in [-0.3, -0.25) is 4.79 Å². The van der Waals surface area contributed by atoms with Crippen LogP contribution in [-0.4, -0.2) is 25.6 Å². The van der Waals surface area contributed by atoms with Gasteiger partial charge in [0.05, 0.1) is 4.90 Å². The van der Waals surface area contributed by atoms with Crippen molar-refractivity contribution in [2.24, 2.45) is 0 Å². The minimum Gasteiger partial charge on any atom is -0.322 e. The van der Waals surface area contributed by atoms with Gasteiger partial charge in [-0.1, -0.05) is 6.07 Å². The molecule has 0 saturated heterocycles. The fourth-order valence-electron chi connectivity index (χ4n) is 2.34. The summed E-state index contributed by atoms with van der Waals surface area (Å²) in [5.74, 6) is -0.343. The predicted molar refractivity (Wildman–Crippen MR) is 99.8 cm³/mol. The van der Waals surface area contributed by atoms with Gasteiger partial charge in [0.25, 0.3) is 5.91 Å². The molecule has 3 aromatic rings. The predicted octanol–water partition coefficient (Wildman–Crippen LogP) is 3.77. The summed E-state index contributed by atoms with van der Waals surface area (Å²) in [5, 5.41) is 5.62. The molecule has 0 aliphatic carbocycles. The highest BCUT2D eigenvalue weighted by Crippen LogP contribution is 2.24. The first-order chi connectivity index (χ1) is 11.8. The van der Waals surface area contributed by atoms with E-state index in [0.717, 1.165) is 16.8 Å². The first-order valence-corrected chi connectivity index (χ1v) is 10.2. The van der Waals surface area contributed by atoms with Crippen molar-refractivity contribution in [1.82, 2.24) is 4.98 Å². The number of sulfone groups is 1. The van der Waals surface area contributed by atoms with Crippen molar-refractivity contribution in [3.8, 4) is 10.6 Å². The third-order valence-electron chi connectivity index (χ3n) is 3.70. The Morgan fingerprint density at radius 2 is 1.84 bits per heavy atom. The van der Waals surface area contributed by atoms with Gasteiger partial charge < -0.3 is 5.32 Å². The zero-order valence-electron chi connectivity index (χ0n) is 13.7. The molecule has 0 unspecified atom stereocenters. The van der Waals surface area contributed by atoms with Gasteiger partial charge in [-0.05, 0) is 48.9 Å². The summed E-state index contributed by atoms with van der Waals surface area (Å²) in [5.41, 5.74) is 2.66. The Balaban J connectivity index is 1.83. The van der Waals surface area contributed by atoms with Crippen molar-refractivity contribution in [3.63, 3.8) is 0 Å². The fraction of sp³-hybridized carbons (Fsp3) is 0.111. The zero-order valence-corrected chi connectivity index (χ0v) is 15.3. The molecule has 0 aliphatic rings. The second kappa shape index (κ2) is 6.78. The molecule has 0 fully saturated rings. The highest BCUT2D eigenvalue weighted by atomic mass is 32.2. The van der Waals surface area contributed by atoms with Crippen molar-refractivity contribution in [3.05, 3.63) is 65.2 Å². The van der Waals surface area contributed by atoms with Gasteiger partial charge in [0.2, 0.25) is 0 Å². The van der Waals surface area contributed by atoms with Crippen LogP contribution < -0.4 is 5.32 Å². The average Bonchev–Trinajstić information content (AvgIpc) is 3.09. The molecule has 1 heterocycles. The van der Waals surface area contributed by atoms with Gasteiger partial charge >= 0.3 is 0 Å². The third-order valence-corrected chi connectivity index (χ3v) is 5.64. The molecule has 1 amide bonds. The Morgan fingerprint density at radius 1 is 1.12 bits per heavy atom. The molecule has 3 rings (SSSR count). The molecule has 0 saturated carbocycles. The van der Waals surface area contributed by atoms with Gasteiger partial charge in [-0.25, -0.2) is 13.4 Å². The van der Waals surface area contributed by atoms with E-state index < -0.39 is 9.84 Å². The lowest BCUT2D eigenvalue weighted by atomic mass is 10.1. The lowest BCUT2D eigenvalue weighted by Gasteiger charge is -2.10. The number of hydrogen-bond acceptors (Lipinski definition) is 5. The van der Waals surface area contributed by atoms with Crippen molar-refractivity contribution in [2.45, 2.75) is 11.8 Å². The molecular weight excluding hydrogens is 356 g/mol. The summed E-state index contributed by atoms with van der Waals surface area (Å²) in [4.78, 5) is 16.9. The SMILES string of the molecule is Cc1ccc(S(C)(=O)=O)cc1C(=O)Nc1ccc(-c2nccs2)cc1. The summed E-state index contributed by atoms with van der Waals surface area (Å²) in [7, 11) is -3.36. The van der Waals surface area contributed by atoms with Crippen molar-refractivity contribution in [1.29, 1.82) is 0 Å². The van der Waals surface area contributed by atoms with Crippen LogP contribution in [0.3, 0.4) is 0 Å². The van der Waals surface area contributed by atoms with Gasteiger partial charge in [-0.15, -0.1) is 11.3 Å². The van der Waals surface area contributed by atoms with E-state index in [1.54, 1.807) is 42.7 Å². The fourth-order valence-corrected chi connectivity index (χ4v) is 3.63. The first-order valence-electron chi connectivity index (χ1n) is 7.46. The van der Waals surface area contributed by atoms with Crippen LogP contribution in [0.5, 0.6) is 0 Å². The number of aromatic nitrogens is 1. The van der Waals surface area contributed by atoms with E-state index in [4.69, 9.17) is 0 Å². The largest absolute Gasteiger partial charge is 0.322 e. The molecule has 0 radical (unpaired) electrons. The monoisotopic (exact) mass is 372 g/mol. The van der Waals surface area contributed by atoms with Crippen molar-refractivity contribution < 1.29 is 13.2 Å². The van der Waals surface area contributed by atoms with Crippen LogP contribution in [0, 0.1) is 6.92 Å². The summed E-state index contributed by atoms with van der Waals surface area (Å²) in [6.45, 7) is 1.77. The topological polar surface area (TPSA) is 76.1 Å². The number of amides is 1. The standard InChI is InChI=1S/C18H16N2O3S2/c1-12-3-8-15(25(2,22)23)11-16(12)17(21)20-14-6-4-13(5-7-14)18-19-9-10-24-18/h3-11H,1-2H3,(H,20,21). The van der Waals surface area contributed by atoms with E-state index in [-0.39, 0.29) is 10.8 Å². The number of carbonyl (C=O) groups excluding carboxylic acids is 1. The molecule has 1 aromatic heterocycles. The lowest BCUT2D eigenvalue weighted by molar-refractivity contribution is 0.102. The molecule has 2 aromatic carbocycles. The normalized spacial score (nSPS) is 11.3. The van der Waals surface area contributed by atoms with Crippen molar-refractivity contribution >= 4 is 32.8 Å². The Bertz CT molecular complexity index is 1010. The Hall–Kier alpha value is -2.51. The minimum atomic E-state index is -3.36. The Labute approximate surface area is 150 Å². The highest BCUT2D eigenvalue weighted by molar-refractivity contribution is 7.90. The molecule has 0 atom stereocenters. The van der Waals surface area contributed by atoms with Gasteiger partial charge in [0, 0.05) is 34.6 Å². The number of aryl methyl sites for hydroxylation is 1. The number of nitrogens with zero attached hydrogens (tertiary/aromatic N) is 1. The third kappa shape index (κ3) is 3.94. The van der Waals surface area contributed by atoms with Crippen LogP contribution in [0.4, 0.5) is 5.69 Å².